The van der Waals surface area contributed by atoms with Crippen LogP contribution in [0.2, 0.25) is 0 Å². The van der Waals surface area contributed by atoms with Crippen molar-refractivity contribution in [3.63, 3.8) is 0 Å². The molecule has 30 heavy (non-hydrogen) atoms. The van der Waals surface area contributed by atoms with Gasteiger partial charge in [0.25, 0.3) is 5.91 Å². The van der Waals surface area contributed by atoms with Gasteiger partial charge in [-0.15, -0.1) is 0 Å². The summed E-state index contributed by atoms with van der Waals surface area (Å²) in [6.45, 7) is 1.62. The van der Waals surface area contributed by atoms with Gasteiger partial charge in [0.05, 0.1) is 21.3 Å². The van der Waals surface area contributed by atoms with E-state index in [1.54, 1.807) is 18.2 Å². The van der Waals surface area contributed by atoms with Crippen molar-refractivity contribution >= 4 is 63.2 Å². The topological polar surface area (TPSA) is 97.2 Å². The number of amidine groups is 1. The van der Waals surface area contributed by atoms with E-state index < -0.39 is 12.6 Å². The van der Waals surface area contributed by atoms with Crippen LogP contribution in [0.15, 0.2) is 46.3 Å². The lowest BCUT2D eigenvalue weighted by Gasteiger charge is -2.12. The number of carboxylic acid groups (broad SMARTS) is 1. The number of rotatable bonds is 7. The number of thioether (sulfide) groups is 1. The van der Waals surface area contributed by atoms with Gasteiger partial charge in [-0.25, -0.2) is 9.79 Å². The molecule has 2 N–H and O–H groups in total. The van der Waals surface area contributed by atoms with Gasteiger partial charge in [0.15, 0.2) is 23.3 Å². The fourth-order valence-electron chi connectivity index (χ4n) is 2.65. The first-order valence-electron chi connectivity index (χ1n) is 9.00. The summed E-state index contributed by atoms with van der Waals surface area (Å²) in [6.07, 6.45) is 2.69. The van der Waals surface area contributed by atoms with Gasteiger partial charge in [0.1, 0.15) is 0 Å². The van der Waals surface area contributed by atoms with Crippen molar-refractivity contribution in [2.24, 2.45) is 4.99 Å². The van der Waals surface area contributed by atoms with E-state index in [9.17, 15) is 9.59 Å². The monoisotopic (exact) mass is 538 g/mol. The molecule has 1 amide bonds. The van der Waals surface area contributed by atoms with E-state index in [0.717, 1.165) is 17.7 Å². The number of nitrogens with zero attached hydrogens (tertiary/aromatic N) is 1. The molecular weight excluding hydrogens is 519 g/mol. The largest absolute Gasteiger partial charge is 0.493 e. The van der Waals surface area contributed by atoms with Gasteiger partial charge in [0.2, 0.25) is 0 Å². The summed E-state index contributed by atoms with van der Waals surface area (Å²) in [5, 5.41) is 12.1. The number of benzene rings is 2. The van der Waals surface area contributed by atoms with Crippen LogP contribution in [0, 0.1) is 3.57 Å². The van der Waals surface area contributed by atoms with Gasteiger partial charge in [-0.1, -0.05) is 19.1 Å². The highest BCUT2D eigenvalue weighted by atomic mass is 127. The molecule has 0 bridgehead atoms. The number of nitrogens with one attached hydrogen (secondary N) is 1. The van der Waals surface area contributed by atoms with Gasteiger partial charge in [0, 0.05) is 0 Å². The zero-order valence-corrected chi connectivity index (χ0v) is 19.2. The normalized spacial score (nSPS) is 16.0. The van der Waals surface area contributed by atoms with Crippen LogP contribution in [-0.4, -0.2) is 35.9 Å². The first kappa shape index (κ1) is 22.2. The number of hydrogen-bond acceptors (Lipinski definition) is 6. The fraction of sp³-hybridized carbons (Fsp3) is 0.190. The molecule has 156 valence electrons. The average Bonchev–Trinajstić information content (AvgIpc) is 3.05. The Balaban J connectivity index is 1.82. The summed E-state index contributed by atoms with van der Waals surface area (Å²) in [6, 6.07) is 11.4. The van der Waals surface area contributed by atoms with E-state index >= 15 is 0 Å². The first-order valence-corrected chi connectivity index (χ1v) is 10.9. The quantitative estimate of drug-likeness (QED) is 0.405. The van der Waals surface area contributed by atoms with Crippen LogP contribution in [0.5, 0.6) is 11.5 Å². The molecule has 0 unspecified atom stereocenters. The Bertz CT molecular complexity index is 1030. The number of carbonyl (C=O) groups is 2. The molecule has 0 atom stereocenters. The molecule has 1 fully saturated rings. The van der Waals surface area contributed by atoms with Crippen LogP contribution < -0.4 is 14.8 Å². The van der Waals surface area contributed by atoms with Gasteiger partial charge < -0.3 is 19.9 Å². The Kier molecular flexibility index (Phi) is 7.38. The van der Waals surface area contributed by atoms with E-state index in [-0.39, 0.29) is 5.91 Å². The van der Waals surface area contributed by atoms with Gasteiger partial charge in [-0.2, -0.15) is 0 Å². The summed E-state index contributed by atoms with van der Waals surface area (Å²) in [5.41, 5.74) is 2.72. The molecule has 0 aliphatic carbocycles. The summed E-state index contributed by atoms with van der Waals surface area (Å²) in [4.78, 5) is 28.1. The van der Waals surface area contributed by atoms with Gasteiger partial charge >= 0.3 is 5.97 Å². The second kappa shape index (κ2) is 9.98. The van der Waals surface area contributed by atoms with Crippen molar-refractivity contribution in [2.45, 2.75) is 13.3 Å². The summed E-state index contributed by atoms with van der Waals surface area (Å²) in [7, 11) is 1.47. The molecule has 7 nitrogen and oxygen atoms in total. The van der Waals surface area contributed by atoms with Gasteiger partial charge in [-0.3, -0.25) is 4.79 Å². The number of aliphatic carboxylic acids is 1. The van der Waals surface area contributed by atoms with Crippen molar-refractivity contribution in [1.82, 2.24) is 5.32 Å². The molecule has 0 spiro atoms. The maximum absolute atomic E-state index is 12.4. The Morgan fingerprint density at radius 1 is 1.30 bits per heavy atom. The lowest BCUT2D eigenvalue weighted by Crippen LogP contribution is -2.19. The average molecular weight is 538 g/mol. The van der Waals surface area contributed by atoms with E-state index in [1.165, 1.54) is 24.4 Å². The van der Waals surface area contributed by atoms with E-state index in [0.29, 0.717) is 25.1 Å². The highest BCUT2D eigenvalue weighted by molar-refractivity contribution is 14.1. The lowest BCUT2D eigenvalue weighted by atomic mass is 10.2. The predicted octanol–water partition coefficient (Wildman–Crippen LogP) is 4.22. The molecular formula is C21H19IN2O5S. The summed E-state index contributed by atoms with van der Waals surface area (Å²) < 4.78 is 11.3. The second-order valence-corrected chi connectivity index (χ2v) is 8.41. The van der Waals surface area contributed by atoms with Gasteiger partial charge in [-0.05, 0) is 82.2 Å². The maximum atomic E-state index is 12.4. The van der Waals surface area contributed by atoms with Crippen molar-refractivity contribution in [1.29, 1.82) is 0 Å². The molecule has 0 aromatic heterocycles. The number of aryl methyl sites for hydroxylation is 1. The summed E-state index contributed by atoms with van der Waals surface area (Å²) >= 11 is 3.29. The predicted molar refractivity (Wildman–Crippen MR) is 125 cm³/mol. The minimum absolute atomic E-state index is 0.232. The molecule has 1 heterocycles. The number of halogens is 1. The first-order chi connectivity index (χ1) is 14.4. The van der Waals surface area contributed by atoms with E-state index in [4.69, 9.17) is 14.6 Å². The SMILES string of the molecule is CCc1ccc(N=C2NC(=O)/C(=C\c3cc(I)c(OCC(=O)O)c(OC)c3)S2)cc1. The zero-order valence-electron chi connectivity index (χ0n) is 16.3. The molecule has 1 aliphatic heterocycles. The Labute approximate surface area is 191 Å². The maximum Gasteiger partial charge on any atom is 0.341 e. The molecule has 2 aromatic rings. The van der Waals surface area contributed by atoms with Crippen LogP contribution in [0.3, 0.4) is 0 Å². The van der Waals surface area contributed by atoms with E-state index in [1.807, 2.05) is 46.9 Å². The Morgan fingerprint density at radius 3 is 2.67 bits per heavy atom. The molecule has 3 rings (SSSR count). The third-order valence-electron chi connectivity index (χ3n) is 4.12. The smallest absolute Gasteiger partial charge is 0.341 e. The van der Waals surface area contributed by atoms with Crippen molar-refractivity contribution < 1.29 is 24.2 Å². The number of hydrogen-bond donors (Lipinski definition) is 2. The second-order valence-electron chi connectivity index (χ2n) is 6.22. The number of methoxy groups -OCH3 is 1. The molecule has 2 aromatic carbocycles. The molecule has 0 saturated carbocycles. The summed E-state index contributed by atoms with van der Waals surface area (Å²) in [5.74, 6) is -0.564. The molecule has 1 aliphatic rings. The van der Waals surface area contributed by atoms with Crippen molar-refractivity contribution in [3.8, 4) is 11.5 Å². The zero-order chi connectivity index (χ0) is 21.7. The van der Waals surface area contributed by atoms with Crippen LogP contribution in [-0.2, 0) is 16.0 Å². The van der Waals surface area contributed by atoms with Crippen LogP contribution in [0.25, 0.3) is 6.08 Å². The highest BCUT2D eigenvalue weighted by Gasteiger charge is 2.24. The molecule has 9 heteroatoms. The third kappa shape index (κ3) is 5.54. The Morgan fingerprint density at radius 2 is 2.03 bits per heavy atom. The molecule has 0 radical (unpaired) electrons. The minimum atomic E-state index is -1.07. The van der Waals surface area contributed by atoms with Crippen molar-refractivity contribution in [2.75, 3.05) is 13.7 Å². The highest BCUT2D eigenvalue weighted by Crippen LogP contribution is 2.36. The van der Waals surface area contributed by atoms with Crippen LogP contribution in [0.1, 0.15) is 18.1 Å². The van der Waals surface area contributed by atoms with E-state index in [2.05, 4.69) is 17.2 Å². The fourth-order valence-corrected chi connectivity index (χ4v) is 4.28. The van der Waals surface area contributed by atoms with Crippen LogP contribution in [0.4, 0.5) is 5.69 Å². The van der Waals surface area contributed by atoms with Crippen molar-refractivity contribution in [3.05, 3.63) is 56.0 Å². The van der Waals surface area contributed by atoms with Crippen LogP contribution >= 0.6 is 34.4 Å². The number of carbonyl (C=O) groups excluding carboxylic acids is 1. The number of amides is 1. The third-order valence-corrected chi connectivity index (χ3v) is 5.83. The standard InChI is InChI=1S/C21H19IN2O5S/c1-3-12-4-6-14(7-5-12)23-21-24-20(27)17(30-21)10-13-8-15(22)19(16(9-13)28-2)29-11-18(25)26/h4-10H,3,11H2,1-2H3,(H,25,26)(H,23,24,27)/b17-10+. The molecule has 1 saturated heterocycles. The number of aliphatic imine (C=N–C) groups is 1. The number of ether oxygens (including phenoxy) is 2. The lowest BCUT2D eigenvalue weighted by molar-refractivity contribution is -0.139. The minimum Gasteiger partial charge on any atom is -0.493 e. The number of carboxylic acids is 1. The Hall–Kier alpha value is -2.53.